The van der Waals surface area contributed by atoms with Gasteiger partial charge in [0.2, 0.25) is 6.79 Å². The van der Waals surface area contributed by atoms with Crippen LogP contribution in [-0.2, 0) is 0 Å². The largest absolute Gasteiger partial charge is 0.493 e. The van der Waals surface area contributed by atoms with E-state index >= 15 is 0 Å². The number of fused-ring (bicyclic) bond motifs is 1. The van der Waals surface area contributed by atoms with Crippen LogP contribution in [0.4, 0.5) is 0 Å². The summed E-state index contributed by atoms with van der Waals surface area (Å²) in [6.45, 7) is 8.57. The number of unbranched alkanes of at least 4 members (excludes halogenated alkanes) is 1. The number of nitrogens with zero attached hydrogens (tertiary/aromatic N) is 1. The van der Waals surface area contributed by atoms with Gasteiger partial charge < -0.3 is 23.5 Å². The Bertz CT molecular complexity index is 757. The maximum Gasteiger partial charge on any atom is 0.231 e. The molecule has 1 aromatic carbocycles. The van der Waals surface area contributed by atoms with Gasteiger partial charge >= 0.3 is 0 Å². The van der Waals surface area contributed by atoms with Gasteiger partial charge in [0.15, 0.2) is 11.5 Å². The number of likely N-dealkylation sites (tertiary alicyclic amines) is 1. The van der Waals surface area contributed by atoms with Crippen LogP contribution in [0.1, 0.15) is 43.6 Å². The summed E-state index contributed by atoms with van der Waals surface area (Å²) in [4.78, 5) is 2.57. The second kappa shape index (κ2) is 8.26. The van der Waals surface area contributed by atoms with E-state index in [2.05, 4.69) is 24.0 Å². The van der Waals surface area contributed by atoms with Gasteiger partial charge in [-0.25, -0.2) is 0 Å². The molecule has 0 spiro atoms. The highest BCUT2D eigenvalue weighted by Gasteiger charge is 2.32. The minimum Gasteiger partial charge on any atom is -0.493 e. The second-order valence-corrected chi connectivity index (χ2v) is 7.58. The fourth-order valence-electron chi connectivity index (χ4n) is 4.06. The zero-order valence-corrected chi connectivity index (χ0v) is 16.3. The Morgan fingerprint density at radius 1 is 1.15 bits per heavy atom. The normalized spacial score (nSPS) is 22.1. The molecule has 5 nitrogen and oxygen atoms in total. The number of ether oxygens (including phenoxy) is 3. The van der Waals surface area contributed by atoms with E-state index in [1.165, 1.54) is 19.4 Å². The molecule has 146 valence electrons. The summed E-state index contributed by atoms with van der Waals surface area (Å²) in [5.41, 5.74) is 0. The SMILES string of the molecule is CCCCN1CC[C@@H](c2ccc(C)o2)[C@H](COc2ccc3c(c2)OCO3)C1. The molecule has 4 rings (SSSR count). The van der Waals surface area contributed by atoms with Crippen LogP contribution in [0.2, 0.25) is 0 Å². The van der Waals surface area contributed by atoms with Crippen molar-refractivity contribution >= 4 is 0 Å². The van der Waals surface area contributed by atoms with E-state index in [0.29, 0.717) is 18.4 Å². The summed E-state index contributed by atoms with van der Waals surface area (Å²) in [7, 11) is 0. The van der Waals surface area contributed by atoms with E-state index in [-0.39, 0.29) is 6.79 Å². The maximum absolute atomic E-state index is 6.18. The second-order valence-electron chi connectivity index (χ2n) is 7.58. The van der Waals surface area contributed by atoms with Gasteiger partial charge in [0.1, 0.15) is 17.3 Å². The van der Waals surface area contributed by atoms with E-state index in [1.54, 1.807) is 0 Å². The Morgan fingerprint density at radius 3 is 2.85 bits per heavy atom. The van der Waals surface area contributed by atoms with Crippen molar-refractivity contribution < 1.29 is 18.6 Å². The Morgan fingerprint density at radius 2 is 2.04 bits per heavy atom. The molecular formula is C22H29NO4. The summed E-state index contributed by atoms with van der Waals surface area (Å²) in [5, 5.41) is 0. The molecule has 0 N–H and O–H groups in total. The molecule has 0 unspecified atom stereocenters. The lowest BCUT2D eigenvalue weighted by Crippen LogP contribution is -2.42. The Balaban J connectivity index is 1.44. The number of hydrogen-bond donors (Lipinski definition) is 0. The minimum absolute atomic E-state index is 0.285. The van der Waals surface area contributed by atoms with E-state index in [4.69, 9.17) is 18.6 Å². The first kappa shape index (κ1) is 18.2. The van der Waals surface area contributed by atoms with Crippen molar-refractivity contribution in [3.8, 4) is 17.2 Å². The van der Waals surface area contributed by atoms with E-state index in [9.17, 15) is 0 Å². The van der Waals surface area contributed by atoms with Crippen molar-refractivity contribution in [2.75, 3.05) is 33.0 Å². The number of benzene rings is 1. The highest BCUT2D eigenvalue weighted by Crippen LogP contribution is 2.37. The molecule has 2 aromatic rings. The average Bonchev–Trinajstić information content (AvgIpc) is 3.33. The van der Waals surface area contributed by atoms with E-state index in [0.717, 1.165) is 48.3 Å². The van der Waals surface area contributed by atoms with E-state index in [1.807, 2.05) is 25.1 Å². The fourth-order valence-corrected chi connectivity index (χ4v) is 4.06. The number of furan rings is 1. The molecule has 2 aliphatic rings. The standard InChI is InChI=1S/C22H29NO4/c1-3-4-10-23-11-9-19(20-7-5-16(2)27-20)17(13-23)14-24-18-6-8-21-22(12-18)26-15-25-21/h5-8,12,17,19H,3-4,9-11,13-15H2,1-2H3/t17-,19+/m0/s1. The third-order valence-corrected chi connectivity index (χ3v) is 5.58. The van der Waals surface area contributed by atoms with Crippen LogP contribution >= 0.6 is 0 Å². The molecule has 0 amide bonds. The Hall–Kier alpha value is -2.14. The van der Waals surface area contributed by atoms with Crippen LogP contribution < -0.4 is 14.2 Å². The van der Waals surface area contributed by atoms with Crippen molar-refractivity contribution in [1.29, 1.82) is 0 Å². The van der Waals surface area contributed by atoms with Gasteiger partial charge in [0, 0.05) is 24.4 Å². The van der Waals surface area contributed by atoms with Gasteiger partial charge in [-0.1, -0.05) is 13.3 Å². The van der Waals surface area contributed by atoms with Crippen molar-refractivity contribution in [2.45, 2.75) is 39.0 Å². The molecule has 1 fully saturated rings. The highest BCUT2D eigenvalue weighted by atomic mass is 16.7. The number of hydrogen-bond acceptors (Lipinski definition) is 5. The third-order valence-electron chi connectivity index (χ3n) is 5.58. The van der Waals surface area contributed by atoms with Crippen LogP contribution in [-0.4, -0.2) is 37.9 Å². The third kappa shape index (κ3) is 4.24. The van der Waals surface area contributed by atoms with Gasteiger partial charge in [-0.3, -0.25) is 0 Å². The molecular weight excluding hydrogens is 342 g/mol. The monoisotopic (exact) mass is 371 g/mol. The first-order valence-electron chi connectivity index (χ1n) is 10.0. The zero-order valence-electron chi connectivity index (χ0n) is 16.3. The van der Waals surface area contributed by atoms with Crippen LogP contribution in [0.3, 0.4) is 0 Å². The van der Waals surface area contributed by atoms with Gasteiger partial charge in [-0.05, 0) is 57.1 Å². The van der Waals surface area contributed by atoms with Crippen molar-refractivity contribution in [1.82, 2.24) is 4.90 Å². The Kier molecular flexibility index (Phi) is 5.58. The topological polar surface area (TPSA) is 44.1 Å². The van der Waals surface area contributed by atoms with Crippen molar-refractivity contribution in [3.05, 3.63) is 41.9 Å². The lowest BCUT2D eigenvalue weighted by atomic mass is 9.84. The minimum atomic E-state index is 0.285. The summed E-state index contributed by atoms with van der Waals surface area (Å²) in [5.74, 6) is 5.28. The molecule has 3 heterocycles. The Labute approximate surface area is 161 Å². The maximum atomic E-state index is 6.18. The molecule has 2 atom stereocenters. The summed E-state index contributed by atoms with van der Waals surface area (Å²) in [6, 6.07) is 9.99. The van der Waals surface area contributed by atoms with Crippen LogP contribution in [0, 0.1) is 12.8 Å². The molecule has 1 saturated heterocycles. The predicted octanol–water partition coefficient (Wildman–Crippen LogP) is 4.60. The summed E-state index contributed by atoms with van der Waals surface area (Å²) < 4.78 is 23.0. The molecule has 1 aromatic heterocycles. The zero-order chi connectivity index (χ0) is 18.6. The smallest absolute Gasteiger partial charge is 0.231 e. The quantitative estimate of drug-likeness (QED) is 0.712. The van der Waals surface area contributed by atoms with Gasteiger partial charge in [0.25, 0.3) is 0 Å². The molecule has 5 heteroatoms. The van der Waals surface area contributed by atoms with Gasteiger partial charge in [-0.2, -0.15) is 0 Å². The van der Waals surface area contributed by atoms with Crippen LogP contribution in [0.5, 0.6) is 17.2 Å². The predicted molar refractivity (Wildman–Crippen MR) is 104 cm³/mol. The van der Waals surface area contributed by atoms with Crippen LogP contribution in [0.15, 0.2) is 34.7 Å². The van der Waals surface area contributed by atoms with Crippen molar-refractivity contribution in [2.24, 2.45) is 5.92 Å². The van der Waals surface area contributed by atoms with Gasteiger partial charge in [-0.15, -0.1) is 0 Å². The highest BCUT2D eigenvalue weighted by molar-refractivity contribution is 5.46. The summed E-state index contributed by atoms with van der Waals surface area (Å²) in [6.07, 6.45) is 3.60. The molecule has 0 aliphatic carbocycles. The summed E-state index contributed by atoms with van der Waals surface area (Å²) >= 11 is 0. The lowest BCUT2D eigenvalue weighted by molar-refractivity contribution is 0.101. The molecule has 0 saturated carbocycles. The number of aryl methyl sites for hydroxylation is 1. The first-order valence-corrected chi connectivity index (χ1v) is 10.0. The van der Waals surface area contributed by atoms with Crippen LogP contribution in [0.25, 0.3) is 0 Å². The molecule has 0 radical (unpaired) electrons. The average molecular weight is 371 g/mol. The van der Waals surface area contributed by atoms with E-state index < -0.39 is 0 Å². The number of piperidine rings is 1. The first-order chi connectivity index (χ1) is 13.2. The molecule has 2 aliphatic heterocycles. The van der Waals surface area contributed by atoms with Gasteiger partial charge in [0.05, 0.1) is 6.61 Å². The molecule has 0 bridgehead atoms. The molecule has 27 heavy (non-hydrogen) atoms. The van der Waals surface area contributed by atoms with Crippen molar-refractivity contribution in [3.63, 3.8) is 0 Å². The number of rotatable bonds is 7. The lowest BCUT2D eigenvalue weighted by Gasteiger charge is -2.37. The fraction of sp³-hybridized carbons (Fsp3) is 0.545.